The number of anilines is 1. The largest absolute Gasteiger partial charge is 0.573 e. The lowest BCUT2D eigenvalue weighted by molar-refractivity contribution is -0.274. The Balaban J connectivity index is 1.20. The number of amidine groups is 1. The van der Waals surface area contributed by atoms with Crippen molar-refractivity contribution in [2.24, 2.45) is 4.99 Å². The number of alkyl halides is 6. The molecule has 1 aliphatic rings. The summed E-state index contributed by atoms with van der Waals surface area (Å²) in [5.41, 5.74) is 6.95. The van der Waals surface area contributed by atoms with E-state index >= 15 is 0 Å². The maximum atomic E-state index is 12.8. The molecule has 0 saturated carbocycles. The normalized spacial score (nSPS) is 15.1. The van der Waals surface area contributed by atoms with Gasteiger partial charge in [-0.05, 0) is 55.0 Å². The summed E-state index contributed by atoms with van der Waals surface area (Å²) in [5.74, 6) is -0.954. The highest BCUT2D eigenvalue weighted by atomic mass is 35.5. The SMILES string of the molecule is CC(NNC(=O)/N=C1\SCC(=O)N1c1cc(Cl)ccc1OCC(F)(F)F)c1ccc(-c2ncn(-c3ccc(OC(F)(F)F)cc3)n2)cc1. The first kappa shape index (κ1) is 34.5. The molecule has 5 rings (SSSR count). The van der Waals surface area contributed by atoms with Crippen molar-refractivity contribution in [2.75, 3.05) is 17.3 Å². The number of benzene rings is 3. The molecule has 1 fully saturated rings. The monoisotopic (exact) mass is 713 g/mol. The smallest absolute Gasteiger partial charge is 0.482 e. The van der Waals surface area contributed by atoms with E-state index in [9.17, 15) is 35.9 Å². The van der Waals surface area contributed by atoms with Crippen LogP contribution < -0.4 is 25.2 Å². The van der Waals surface area contributed by atoms with Crippen molar-refractivity contribution in [2.45, 2.75) is 25.5 Å². The van der Waals surface area contributed by atoms with E-state index in [0.29, 0.717) is 17.1 Å². The van der Waals surface area contributed by atoms with Crippen LogP contribution in [0.1, 0.15) is 18.5 Å². The molecule has 1 unspecified atom stereocenters. The first-order valence-corrected chi connectivity index (χ1v) is 15.0. The maximum Gasteiger partial charge on any atom is 0.573 e. The Morgan fingerprint density at radius 1 is 1.06 bits per heavy atom. The van der Waals surface area contributed by atoms with Crippen LogP contribution in [-0.4, -0.2) is 56.8 Å². The third kappa shape index (κ3) is 8.96. The average Bonchev–Trinajstić information content (AvgIpc) is 3.65. The van der Waals surface area contributed by atoms with Crippen molar-refractivity contribution < 1.29 is 45.4 Å². The minimum atomic E-state index is -4.80. The van der Waals surface area contributed by atoms with Gasteiger partial charge in [-0.3, -0.25) is 15.1 Å². The lowest BCUT2D eigenvalue weighted by Gasteiger charge is -2.21. The van der Waals surface area contributed by atoms with Crippen LogP contribution in [0.25, 0.3) is 17.1 Å². The van der Waals surface area contributed by atoms with Crippen molar-refractivity contribution in [1.29, 1.82) is 0 Å². The first-order valence-electron chi connectivity index (χ1n) is 13.6. The van der Waals surface area contributed by atoms with E-state index in [4.69, 9.17) is 16.3 Å². The highest BCUT2D eigenvalue weighted by Gasteiger charge is 2.35. The Labute approximate surface area is 276 Å². The van der Waals surface area contributed by atoms with E-state index in [1.807, 2.05) is 0 Å². The molecule has 0 bridgehead atoms. The van der Waals surface area contributed by atoms with Gasteiger partial charge in [0.1, 0.15) is 17.8 Å². The number of ether oxygens (including phenoxy) is 2. The molecule has 4 aromatic rings. The predicted molar refractivity (Wildman–Crippen MR) is 164 cm³/mol. The summed E-state index contributed by atoms with van der Waals surface area (Å²) in [7, 11) is 0. The minimum absolute atomic E-state index is 0.0899. The van der Waals surface area contributed by atoms with Gasteiger partial charge in [-0.25, -0.2) is 19.9 Å². The lowest BCUT2D eigenvalue weighted by Crippen LogP contribution is -2.39. The quantitative estimate of drug-likeness (QED) is 0.143. The molecule has 11 nitrogen and oxygen atoms in total. The molecule has 2 heterocycles. The topological polar surface area (TPSA) is 123 Å². The van der Waals surface area contributed by atoms with Gasteiger partial charge in [0, 0.05) is 16.6 Å². The van der Waals surface area contributed by atoms with Gasteiger partial charge in [0.2, 0.25) is 5.91 Å². The molecular formula is C29H22ClF6N7O4S. The van der Waals surface area contributed by atoms with Crippen molar-refractivity contribution >= 4 is 46.2 Å². The zero-order valence-corrected chi connectivity index (χ0v) is 25.9. The zero-order valence-electron chi connectivity index (χ0n) is 24.3. The number of thioether (sulfide) groups is 1. The summed E-state index contributed by atoms with van der Waals surface area (Å²) in [5, 5.41) is 4.39. The Morgan fingerprint density at radius 3 is 2.44 bits per heavy atom. The van der Waals surface area contributed by atoms with Gasteiger partial charge in [0.25, 0.3) is 0 Å². The van der Waals surface area contributed by atoms with E-state index in [1.165, 1.54) is 41.3 Å². The molecule has 0 spiro atoms. The van der Waals surface area contributed by atoms with Gasteiger partial charge in [-0.1, -0.05) is 47.6 Å². The summed E-state index contributed by atoms with van der Waals surface area (Å²) in [4.78, 5) is 34.4. The van der Waals surface area contributed by atoms with Crippen LogP contribution in [0.2, 0.25) is 5.02 Å². The molecule has 1 atom stereocenters. The number of amides is 3. The third-order valence-corrected chi connectivity index (χ3v) is 7.57. The van der Waals surface area contributed by atoms with Crippen molar-refractivity contribution in [1.82, 2.24) is 25.6 Å². The number of nitrogens with one attached hydrogen (secondary N) is 2. The highest BCUT2D eigenvalue weighted by molar-refractivity contribution is 8.15. The fourth-order valence-corrected chi connectivity index (χ4v) is 5.26. The predicted octanol–water partition coefficient (Wildman–Crippen LogP) is 6.84. The Bertz CT molecular complexity index is 1820. The van der Waals surface area contributed by atoms with E-state index in [-0.39, 0.29) is 33.1 Å². The van der Waals surface area contributed by atoms with Gasteiger partial charge in [-0.15, -0.1) is 18.3 Å². The Hall–Kier alpha value is -4.81. The number of carbonyl (C=O) groups excluding carboxylic acids is 2. The third-order valence-electron chi connectivity index (χ3n) is 6.41. The highest BCUT2D eigenvalue weighted by Crippen LogP contribution is 2.37. The molecular weight excluding hydrogens is 692 g/mol. The Kier molecular flexibility index (Phi) is 10.2. The van der Waals surface area contributed by atoms with Crippen molar-refractivity contribution in [3.05, 3.63) is 83.6 Å². The van der Waals surface area contributed by atoms with Crippen LogP contribution in [-0.2, 0) is 4.79 Å². The molecule has 2 N–H and O–H groups in total. The van der Waals surface area contributed by atoms with Gasteiger partial charge in [-0.2, -0.15) is 18.2 Å². The second-order valence-corrected chi connectivity index (χ2v) is 11.3. The van der Waals surface area contributed by atoms with Crippen molar-refractivity contribution in [3.8, 4) is 28.6 Å². The van der Waals surface area contributed by atoms with Gasteiger partial charge < -0.3 is 9.47 Å². The zero-order chi connectivity index (χ0) is 34.6. The lowest BCUT2D eigenvalue weighted by atomic mass is 10.1. The van der Waals surface area contributed by atoms with E-state index in [0.717, 1.165) is 34.4 Å². The number of carbonyl (C=O) groups is 2. The van der Waals surface area contributed by atoms with E-state index in [1.54, 1.807) is 31.2 Å². The van der Waals surface area contributed by atoms with Crippen LogP contribution in [0.3, 0.4) is 0 Å². The van der Waals surface area contributed by atoms with Crippen LogP contribution in [0.15, 0.2) is 78.0 Å². The second kappa shape index (κ2) is 14.1. The van der Waals surface area contributed by atoms with Gasteiger partial charge >= 0.3 is 18.6 Å². The van der Waals surface area contributed by atoms with Crippen molar-refractivity contribution in [3.63, 3.8) is 0 Å². The van der Waals surface area contributed by atoms with E-state index in [2.05, 4.69) is 30.7 Å². The molecule has 19 heteroatoms. The molecule has 3 aromatic carbocycles. The summed E-state index contributed by atoms with van der Waals surface area (Å²) in [6, 6.07) is 14.5. The molecule has 1 aromatic heterocycles. The number of nitrogens with zero attached hydrogens (tertiary/aromatic N) is 5. The molecule has 1 aliphatic heterocycles. The van der Waals surface area contributed by atoms with Crippen LogP contribution >= 0.6 is 23.4 Å². The second-order valence-electron chi connectivity index (χ2n) is 9.90. The number of aliphatic imine (C=N–C) groups is 1. The standard InChI is InChI=1S/C29H22ClF6N7O4S/c1-16(17-2-4-18(5-3-17)25-37-15-42(41-25)20-7-9-21(10-8-20)47-29(34,35)36)39-40-26(45)38-27-43(24(44)13-48-27)22-12-19(30)6-11-23(22)46-14-28(31,32)33/h2-12,15-16,39H,13-14H2,1H3,(H,40,45)/b38-27-. The van der Waals surface area contributed by atoms with Gasteiger partial charge in [0.15, 0.2) is 17.6 Å². The Morgan fingerprint density at radius 2 is 1.77 bits per heavy atom. The number of hydrogen-bond acceptors (Lipinski definition) is 8. The molecule has 1 saturated heterocycles. The average molecular weight is 714 g/mol. The fourth-order valence-electron chi connectivity index (χ4n) is 4.24. The van der Waals surface area contributed by atoms with Crippen LogP contribution in [0.5, 0.6) is 11.5 Å². The van der Waals surface area contributed by atoms with Gasteiger partial charge in [0.05, 0.1) is 17.1 Å². The first-order chi connectivity index (χ1) is 22.6. The number of aromatic nitrogens is 3. The number of hydrogen-bond donors (Lipinski definition) is 2. The molecule has 252 valence electrons. The van der Waals surface area contributed by atoms with Crippen LogP contribution in [0, 0.1) is 0 Å². The van der Waals surface area contributed by atoms with E-state index < -0.39 is 37.1 Å². The number of urea groups is 1. The number of hydrazine groups is 1. The number of halogens is 7. The minimum Gasteiger partial charge on any atom is -0.482 e. The maximum absolute atomic E-state index is 12.8. The molecule has 0 radical (unpaired) electrons. The fraction of sp³-hybridized carbons (Fsp3) is 0.207. The molecule has 3 amide bonds. The molecule has 48 heavy (non-hydrogen) atoms. The summed E-state index contributed by atoms with van der Waals surface area (Å²) >= 11 is 6.94. The van der Waals surface area contributed by atoms with Crippen LogP contribution in [0.4, 0.5) is 36.8 Å². The summed E-state index contributed by atoms with van der Waals surface area (Å²) < 4.78 is 85.7. The molecule has 0 aliphatic carbocycles. The summed E-state index contributed by atoms with van der Waals surface area (Å²) in [6.07, 6.45) is -8.02. The summed E-state index contributed by atoms with van der Waals surface area (Å²) in [6.45, 7) is 0.145. The number of rotatable bonds is 9.